The number of Topliss-reactive ketones (excluding diaryl/α,β-unsaturated/α-hetero) is 1. The van der Waals surface area contributed by atoms with Gasteiger partial charge in [-0.2, -0.15) is 0 Å². The largest absolute Gasteiger partial charge is 0.343 e. The zero-order valence-electron chi connectivity index (χ0n) is 17.6. The maximum Gasteiger partial charge on any atom is 0.257 e. The average Bonchev–Trinajstić information content (AvgIpc) is 2.64. The van der Waals surface area contributed by atoms with Gasteiger partial charge in [0, 0.05) is 33.8 Å². The number of H-pyrrole nitrogens is 1. The Kier molecular flexibility index (Phi) is 5.70. The van der Waals surface area contributed by atoms with Crippen LogP contribution < -0.4 is 10.9 Å². The summed E-state index contributed by atoms with van der Waals surface area (Å²) in [5.74, 6) is 1.63. The van der Waals surface area contributed by atoms with Gasteiger partial charge in [0.2, 0.25) is 0 Å². The molecule has 1 aliphatic carbocycles. The number of nitrogens with zero attached hydrogens (tertiary/aromatic N) is 1. The number of allylic oxidation sites excluding steroid dienone is 2. The smallest absolute Gasteiger partial charge is 0.257 e. The number of thioether (sulfide) groups is 1. The molecule has 2 N–H and O–H groups in total. The maximum absolute atomic E-state index is 13.2. The number of fused-ring (bicyclic) bond motifs is 1. The van der Waals surface area contributed by atoms with Crippen LogP contribution in [0, 0.1) is 11.3 Å². The van der Waals surface area contributed by atoms with Crippen molar-refractivity contribution in [1.82, 2.24) is 9.97 Å². The van der Waals surface area contributed by atoms with Crippen molar-refractivity contribution in [2.45, 2.75) is 51.6 Å². The third-order valence-corrected chi connectivity index (χ3v) is 7.29. The second-order valence-corrected chi connectivity index (χ2v) is 11.2. The Morgan fingerprint density at radius 1 is 1.20 bits per heavy atom. The molecule has 0 radical (unpaired) electrons. The standard InChI is InChI=1S/C23H26BrN3O2S/c1-12(2)11-30-22-26-20-19(21(29)27-22)17(13-5-7-14(24)8-6-13)18-15(25-20)9-23(3,4)10-16(18)28/h5-8,12,17H,9-11H2,1-4H3,(H2,25,26,27,29)/t17-/m1/s1. The molecule has 1 aromatic carbocycles. The van der Waals surface area contributed by atoms with Crippen molar-refractivity contribution in [3.8, 4) is 0 Å². The third kappa shape index (κ3) is 4.14. The van der Waals surface area contributed by atoms with Gasteiger partial charge in [0.05, 0.1) is 5.56 Å². The highest BCUT2D eigenvalue weighted by molar-refractivity contribution is 9.10. The van der Waals surface area contributed by atoms with Gasteiger partial charge in [0.25, 0.3) is 5.56 Å². The van der Waals surface area contributed by atoms with E-state index in [-0.39, 0.29) is 16.8 Å². The quantitative estimate of drug-likeness (QED) is 0.440. The molecule has 0 spiro atoms. The SMILES string of the molecule is CC(C)CSc1nc2c(c(=O)[nH]1)[C@H](c1ccc(Br)cc1)C1=C(CC(C)(C)CC1=O)N2. The highest BCUT2D eigenvalue weighted by Gasteiger charge is 2.42. The Bertz CT molecular complexity index is 1090. The van der Waals surface area contributed by atoms with Crippen LogP contribution in [0.4, 0.5) is 5.82 Å². The predicted molar refractivity (Wildman–Crippen MR) is 125 cm³/mol. The number of carbonyl (C=O) groups is 1. The molecule has 0 unspecified atom stereocenters. The number of hydrogen-bond acceptors (Lipinski definition) is 5. The molecular formula is C23H26BrN3O2S. The van der Waals surface area contributed by atoms with E-state index in [9.17, 15) is 9.59 Å². The number of benzene rings is 1. The number of aromatic nitrogens is 2. The number of aromatic amines is 1. The van der Waals surface area contributed by atoms with Crippen LogP contribution in [0.1, 0.15) is 57.6 Å². The van der Waals surface area contributed by atoms with Gasteiger partial charge in [-0.1, -0.05) is 67.5 Å². The molecule has 0 saturated carbocycles. The van der Waals surface area contributed by atoms with Crippen LogP contribution >= 0.6 is 27.7 Å². The first kappa shape index (κ1) is 21.4. The Balaban J connectivity index is 1.88. The zero-order valence-corrected chi connectivity index (χ0v) is 20.0. The molecule has 2 heterocycles. The van der Waals surface area contributed by atoms with Crippen LogP contribution in [0.25, 0.3) is 0 Å². The van der Waals surface area contributed by atoms with Gasteiger partial charge in [0.15, 0.2) is 10.9 Å². The van der Waals surface area contributed by atoms with E-state index in [1.807, 2.05) is 24.3 Å². The lowest BCUT2D eigenvalue weighted by atomic mass is 9.69. The van der Waals surface area contributed by atoms with Gasteiger partial charge in [-0.15, -0.1) is 0 Å². The van der Waals surface area contributed by atoms with E-state index < -0.39 is 5.92 Å². The first-order valence-electron chi connectivity index (χ1n) is 10.2. The van der Waals surface area contributed by atoms with Crippen LogP contribution in [0.3, 0.4) is 0 Å². The number of carbonyl (C=O) groups excluding carboxylic acids is 1. The van der Waals surface area contributed by atoms with Gasteiger partial charge in [-0.3, -0.25) is 9.59 Å². The van der Waals surface area contributed by atoms with Crippen molar-refractivity contribution in [2.75, 3.05) is 11.1 Å². The van der Waals surface area contributed by atoms with Crippen molar-refractivity contribution >= 4 is 39.3 Å². The summed E-state index contributed by atoms with van der Waals surface area (Å²) in [6, 6.07) is 7.84. The van der Waals surface area contributed by atoms with Gasteiger partial charge in [-0.05, 0) is 35.4 Å². The Labute approximate surface area is 189 Å². The fourth-order valence-electron chi connectivity index (χ4n) is 4.20. The van der Waals surface area contributed by atoms with Gasteiger partial charge >= 0.3 is 0 Å². The van der Waals surface area contributed by atoms with Gasteiger partial charge in [-0.25, -0.2) is 4.98 Å². The Hall–Kier alpha value is -1.86. The minimum atomic E-state index is -0.409. The van der Waals surface area contributed by atoms with Gasteiger partial charge in [0.1, 0.15) is 5.82 Å². The molecule has 0 saturated heterocycles. The average molecular weight is 488 g/mol. The number of anilines is 1. The summed E-state index contributed by atoms with van der Waals surface area (Å²) >= 11 is 5.02. The van der Waals surface area contributed by atoms with Crippen LogP contribution in [-0.2, 0) is 4.79 Å². The van der Waals surface area contributed by atoms with E-state index in [2.05, 4.69) is 53.9 Å². The summed E-state index contributed by atoms with van der Waals surface area (Å²) in [7, 11) is 0. The molecule has 2 aromatic rings. The first-order chi connectivity index (χ1) is 14.1. The van der Waals surface area contributed by atoms with Crippen LogP contribution in [0.5, 0.6) is 0 Å². The van der Waals surface area contributed by atoms with Crippen LogP contribution in [-0.4, -0.2) is 21.5 Å². The summed E-state index contributed by atoms with van der Waals surface area (Å²) in [5, 5.41) is 3.98. The van der Waals surface area contributed by atoms with E-state index in [1.54, 1.807) is 11.8 Å². The molecular weight excluding hydrogens is 462 g/mol. The first-order valence-corrected chi connectivity index (χ1v) is 12.0. The highest BCUT2D eigenvalue weighted by atomic mass is 79.9. The van der Waals surface area contributed by atoms with Crippen molar-refractivity contribution < 1.29 is 4.79 Å². The van der Waals surface area contributed by atoms with E-state index in [1.165, 1.54) is 0 Å². The van der Waals surface area contributed by atoms with Crippen molar-refractivity contribution in [3.05, 3.63) is 61.5 Å². The molecule has 30 heavy (non-hydrogen) atoms. The third-order valence-electron chi connectivity index (χ3n) is 5.46. The molecule has 5 nitrogen and oxygen atoms in total. The zero-order chi connectivity index (χ0) is 21.6. The summed E-state index contributed by atoms with van der Waals surface area (Å²) in [4.78, 5) is 34.1. The lowest BCUT2D eigenvalue weighted by molar-refractivity contribution is -0.118. The molecule has 7 heteroatoms. The molecule has 2 aliphatic rings. The molecule has 4 rings (SSSR count). The molecule has 158 valence electrons. The highest BCUT2D eigenvalue weighted by Crippen LogP contribution is 2.47. The molecule has 0 bridgehead atoms. The minimum absolute atomic E-state index is 0.102. The predicted octanol–water partition coefficient (Wildman–Crippen LogP) is 5.48. The monoisotopic (exact) mass is 487 g/mol. The molecule has 1 aliphatic heterocycles. The normalized spacial score (nSPS) is 20.1. The number of ketones is 1. The van der Waals surface area contributed by atoms with E-state index in [4.69, 9.17) is 4.98 Å². The number of rotatable bonds is 4. The summed E-state index contributed by atoms with van der Waals surface area (Å²) in [5.41, 5.74) is 2.75. The second-order valence-electron chi connectivity index (χ2n) is 9.28. The lowest BCUT2D eigenvalue weighted by Gasteiger charge is -2.38. The topological polar surface area (TPSA) is 74.8 Å². The fraction of sp³-hybridized carbons (Fsp3) is 0.435. The van der Waals surface area contributed by atoms with Crippen LogP contribution in [0.15, 0.2) is 50.0 Å². The summed E-state index contributed by atoms with van der Waals surface area (Å²) in [6.45, 7) is 8.49. The molecule has 1 atom stereocenters. The summed E-state index contributed by atoms with van der Waals surface area (Å²) < 4.78 is 0.957. The van der Waals surface area contributed by atoms with Crippen LogP contribution in [0.2, 0.25) is 0 Å². The molecule has 0 amide bonds. The second kappa shape index (κ2) is 8.00. The van der Waals surface area contributed by atoms with Gasteiger partial charge < -0.3 is 10.3 Å². The lowest BCUT2D eigenvalue weighted by Crippen LogP contribution is -2.37. The van der Waals surface area contributed by atoms with Crippen molar-refractivity contribution in [2.24, 2.45) is 11.3 Å². The van der Waals surface area contributed by atoms with Crippen molar-refractivity contribution in [1.29, 1.82) is 0 Å². The van der Waals surface area contributed by atoms with Crippen molar-refractivity contribution in [3.63, 3.8) is 0 Å². The molecule has 0 fully saturated rings. The number of hydrogen-bond donors (Lipinski definition) is 2. The number of nitrogens with one attached hydrogen (secondary N) is 2. The Morgan fingerprint density at radius 2 is 1.90 bits per heavy atom. The number of halogens is 1. The van der Waals surface area contributed by atoms with E-state index in [0.29, 0.717) is 34.4 Å². The summed E-state index contributed by atoms with van der Waals surface area (Å²) in [6.07, 6.45) is 1.23. The molecule has 1 aromatic heterocycles. The van der Waals surface area contributed by atoms with E-state index in [0.717, 1.165) is 27.9 Å². The fourth-order valence-corrected chi connectivity index (χ4v) is 5.27. The maximum atomic E-state index is 13.2. The Morgan fingerprint density at radius 3 is 2.57 bits per heavy atom. The minimum Gasteiger partial charge on any atom is -0.343 e. The van der Waals surface area contributed by atoms with E-state index >= 15 is 0 Å².